The number of rotatable bonds is 35. The van der Waals surface area contributed by atoms with E-state index in [1.165, 1.54) is 109 Å². The molecule has 4 N–H and O–H groups in total. The van der Waals surface area contributed by atoms with Gasteiger partial charge in [0, 0.05) is 12.8 Å². The molecule has 0 radical (unpaired) electrons. The van der Waals surface area contributed by atoms with Gasteiger partial charge in [-0.2, -0.15) is 8.42 Å². The number of unbranched alkanes of at least 4 members (excludes halogenated alkanes) is 23. The van der Waals surface area contributed by atoms with Crippen LogP contribution in [0.25, 0.3) is 0 Å². The van der Waals surface area contributed by atoms with Crippen molar-refractivity contribution >= 4 is 22.1 Å². The van der Waals surface area contributed by atoms with Crippen LogP contribution >= 0.6 is 0 Å². The Morgan fingerprint density at radius 1 is 0.566 bits per heavy atom. The Hall–Kier alpha value is -1.35. The average molecular weight is 781 g/mol. The monoisotopic (exact) mass is 781 g/mol. The summed E-state index contributed by atoms with van der Waals surface area (Å²) in [6.45, 7) is 3.74. The third-order valence-corrected chi connectivity index (χ3v) is 10.7. The van der Waals surface area contributed by atoms with Crippen LogP contribution in [0.2, 0.25) is 0 Å². The molecule has 314 valence electrons. The largest absolute Gasteiger partial charge is 0.462 e. The Kier molecular flexibility index (Phi) is 29.8. The number of esters is 2. The van der Waals surface area contributed by atoms with Crippen LogP contribution in [0.15, 0.2) is 0 Å². The van der Waals surface area contributed by atoms with Crippen molar-refractivity contribution in [2.24, 2.45) is 0 Å². The Balaban J connectivity index is 2.47. The summed E-state index contributed by atoms with van der Waals surface area (Å²) in [6, 6.07) is 0. The Bertz CT molecular complexity index is 1010. The van der Waals surface area contributed by atoms with Gasteiger partial charge in [0.2, 0.25) is 0 Å². The number of aliphatic hydroxyl groups excluding tert-OH is 3. The van der Waals surface area contributed by atoms with E-state index in [0.29, 0.717) is 12.8 Å². The minimum atomic E-state index is -4.59. The molecule has 0 aromatic carbocycles. The lowest BCUT2D eigenvalue weighted by Crippen LogP contribution is -2.60. The second-order valence-electron chi connectivity index (χ2n) is 15.0. The number of ether oxygens (including phenoxy) is 4. The van der Waals surface area contributed by atoms with Gasteiger partial charge in [-0.15, -0.1) is 0 Å². The van der Waals surface area contributed by atoms with E-state index >= 15 is 0 Å². The predicted molar refractivity (Wildman–Crippen MR) is 206 cm³/mol. The number of hydrogen-bond acceptors (Lipinski definition) is 11. The SMILES string of the molecule is CCCCCCCCCCCCCCCCCC(=O)OC(COC(=O)CCCCCCCCCCCC)COC1OC(CS(=O)(=O)O)C(O)C(O)C1O. The molecule has 0 amide bonds. The molecule has 1 heterocycles. The molecule has 0 aromatic rings. The zero-order chi connectivity index (χ0) is 39.2. The minimum Gasteiger partial charge on any atom is -0.462 e. The van der Waals surface area contributed by atoms with E-state index in [1.54, 1.807) is 0 Å². The molecule has 1 aliphatic rings. The molecule has 0 bridgehead atoms. The molecule has 53 heavy (non-hydrogen) atoms. The van der Waals surface area contributed by atoms with Gasteiger partial charge in [-0.1, -0.05) is 162 Å². The first-order valence-corrected chi connectivity index (χ1v) is 22.7. The van der Waals surface area contributed by atoms with Crippen LogP contribution in [0.5, 0.6) is 0 Å². The summed E-state index contributed by atoms with van der Waals surface area (Å²) in [5.41, 5.74) is 0. The van der Waals surface area contributed by atoms with Crippen LogP contribution in [-0.2, 0) is 38.7 Å². The maximum absolute atomic E-state index is 12.8. The van der Waals surface area contributed by atoms with Gasteiger partial charge < -0.3 is 34.3 Å². The van der Waals surface area contributed by atoms with Crippen LogP contribution in [0, 0.1) is 0 Å². The van der Waals surface area contributed by atoms with Crippen LogP contribution < -0.4 is 0 Å². The first-order valence-electron chi connectivity index (χ1n) is 21.1. The quantitative estimate of drug-likeness (QED) is 0.0279. The summed E-state index contributed by atoms with van der Waals surface area (Å²) in [7, 11) is -4.59. The van der Waals surface area contributed by atoms with Gasteiger partial charge >= 0.3 is 11.9 Å². The third kappa shape index (κ3) is 27.0. The highest BCUT2D eigenvalue weighted by molar-refractivity contribution is 7.85. The molecular formula is C40H76O12S. The molecule has 0 spiro atoms. The maximum atomic E-state index is 12.8. The molecule has 1 fully saturated rings. The van der Waals surface area contributed by atoms with E-state index in [1.807, 2.05) is 0 Å². The second-order valence-corrected chi connectivity index (χ2v) is 16.5. The molecule has 13 heteroatoms. The average Bonchev–Trinajstić information content (AvgIpc) is 3.12. The predicted octanol–water partition coefficient (Wildman–Crippen LogP) is 7.73. The summed E-state index contributed by atoms with van der Waals surface area (Å²) in [5, 5.41) is 30.8. The van der Waals surface area contributed by atoms with Crippen molar-refractivity contribution in [1.82, 2.24) is 0 Å². The number of aliphatic hydroxyl groups is 3. The molecule has 1 rings (SSSR count). The number of hydrogen-bond donors (Lipinski definition) is 4. The third-order valence-electron chi connectivity index (χ3n) is 9.94. The van der Waals surface area contributed by atoms with E-state index in [-0.39, 0.29) is 19.4 Å². The minimum absolute atomic E-state index is 0.172. The topological polar surface area (TPSA) is 186 Å². The van der Waals surface area contributed by atoms with Crippen molar-refractivity contribution in [2.75, 3.05) is 19.0 Å². The van der Waals surface area contributed by atoms with Gasteiger partial charge in [0.1, 0.15) is 36.8 Å². The van der Waals surface area contributed by atoms with Gasteiger partial charge in [0.25, 0.3) is 10.1 Å². The van der Waals surface area contributed by atoms with E-state index in [2.05, 4.69) is 13.8 Å². The van der Waals surface area contributed by atoms with Crippen molar-refractivity contribution in [1.29, 1.82) is 0 Å². The van der Waals surface area contributed by atoms with E-state index in [9.17, 15) is 37.9 Å². The van der Waals surface area contributed by atoms with Crippen LogP contribution in [0.3, 0.4) is 0 Å². The summed E-state index contributed by atoms with van der Waals surface area (Å²) >= 11 is 0. The zero-order valence-electron chi connectivity index (χ0n) is 33.1. The molecule has 0 aromatic heterocycles. The van der Waals surface area contributed by atoms with Crippen LogP contribution in [0.4, 0.5) is 0 Å². The smallest absolute Gasteiger partial charge is 0.306 e. The van der Waals surface area contributed by atoms with Crippen molar-refractivity contribution in [2.45, 2.75) is 224 Å². The Morgan fingerprint density at radius 2 is 0.962 bits per heavy atom. The molecule has 6 unspecified atom stereocenters. The van der Waals surface area contributed by atoms with Crippen molar-refractivity contribution in [3.63, 3.8) is 0 Å². The highest BCUT2D eigenvalue weighted by Gasteiger charge is 2.46. The molecule has 1 saturated heterocycles. The Labute approximate surface area is 321 Å². The number of carbonyl (C=O) groups excluding carboxylic acids is 2. The van der Waals surface area contributed by atoms with Crippen LogP contribution in [-0.4, -0.2) is 96.0 Å². The first-order chi connectivity index (χ1) is 25.5. The van der Waals surface area contributed by atoms with Gasteiger partial charge in [-0.3, -0.25) is 14.1 Å². The lowest BCUT2D eigenvalue weighted by Gasteiger charge is -2.40. The summed E-state index contributed by atoms with van der Waals surface area (Å²) in [5.74, 6) is -1.97. The molecular weight excluding hydrogens is 704 g/mol. The Morgan fingerprint density at radius 3 is 1.38 bits per heavy atom. The van der Waals surface area contributed by atoms with Gasteiger partial charge in [-0.05, 0) is 12.8 Å². The molecule has 0 saturated carbocycles. The van der Waals surface area contributed by atoms with Crippen LogP contribution in [0.1, 0.15) is 187 Å². The lowest BCUT2D eigenvalue weighted by molar-refractivity contribution is -0.297. The van der Waals surface area contributed by atoms with Gasteiger partial charge in [0.15, 0.2) is 12.4 Å². The normalized spacial score (nSPS) is 21.1. The summed E-state index contributed by atoms with van der Waals surface area (Å²) < 4.78 is 53.9. The molecule has 12 nitrogen and oxygen atoms in total. The van der Waals surface area contributed by atoms with Gasteiger partial charge in [-0.25, -0.2) is 0 Å². The summed E-state index contributed by atoms with van der Waals surface area (Å²) in [4.78, 5) is 25.3. The molecule has 1 aliphatic heterocycles. The van der Waals surface area contributed by atoms with E-state index < -0.39 is 71.2 Å². The van der Waals surface area contributed by atoms with E-state index in [0.717, 1.165) is 38.5 Å². The number of carbonyl (C=O) groups is 2. The van der Waals surface area contributed by atoms with Crippen molar-refractivity contribution < 1.29 is 56.8 Å². The second kappa shape index (κ2) is 31.8. The standard InChI is InChI=1S/C40H76O12S/c1-3-5-7-9-11-13-15-16-17-18-19-21-23-25-27-29-36(42)51-33(30-49-35(41)28-26-24-22-20-14-12-10-8-6-4-2)31-50-40-39(45)38(44)37(43)34(52-40)32-53(46,47)48/h33-34,37-40,43-45H,3-32H2,1-2H3,(H,46,47,48). The fraction of sp³-hybridized carbons (Fsp3) is 0.950. The van der Waals surface area contributed by atoms with E-state index in [4.69, 9.17) is 18.9 Å². The highest BCUT2D eigenvalue weighted by atomic mass is 32.2. The molecule has 6 atom stereocenters. The zero-order valence-corrected chi connectivity index (χ0v) is 34.0. The molecule has 0 aliphatic carbocycles. The fourth-order valence-corrected chi connectivity index (χ4v) is 7.31. The van der Waals surface area contributed by atoms with Crippen molar-refractivity contribution in [3.8, 4) is 0 Å². The van der Waals surface area contributed by atoms with Crippen molar-refractivity contribution in [3.05, 3.63) is 0 Å². The lowest BCUT2D eigenvalue weighted by atomic mass is 10.00. The highest BCUT2D eigenvalue weighted by Crippen LogP contribution is 2.24. The maximum Gasteiger partial charge on any atom is 0.306 e. The van der Waals surface area contributed by atoms with Gasteiger partial charge in [0.05, 0.1) is 6.61 Å². The first kappa shape index (κ1) is 49.7. The summed E-state index contributed by atoms with van der Waals surface area (Å²) in [6.07, 6.45) is 20.2. The fourth-order valence-electron chi connectivity index (χ4n) is 6.62.